The van der Waals surface area contributed by atoms with Gasteiger partial charge in [0.25, 0.3) is 0 Å². The fourth-order valence-electron chi connectivity index (χ4n) is 3.15. The number of carbonyl (C=O) groups excluding carboxylic acids is 1. The summed E-state index contributed by atoms with van der Waals surface area (Å²) in [7, 11) is 1.48. The molecular weight excluding hydrogens is 479 g/mol. The zero-order valence-electron chi connectivity index (χ0n) is 23.3. The van der Waals surface area contributed by atoms with Crippen molar-refractivity contribution in [1.82, 2.24) is 15.1 Å². The second kappa shape index (κ2) is 19.2. The third kappa shape index (κ3) is 11.8. The number of unbranched alkanes of at least 4 members (excludes halogenated alkanes) is 1. The van der Waals surface area contributed by atoms with E-state index < -0.39 is 0 Å². The van der Waals surface area contributed by atoms with Crippen LogP contribution >= 0.6 is 0 Å². The first kappa shape index (κ1) is 32.0. The van der Waals surface area contributed by atoms with Gasteiger partial charge < -0.3 is 10.1 Å². The first-order valence-corrected chi connectivity index (χ1v) is 12.8. The summed E-state index contributed by atoms with van der Waals surface area (Å²) in [5, 5.41) is 7.27. The van der Waals surface area contributed by atoms with Crippen LogP contribution < -0.4 is 10.1 Å². The highest BCUT2D eigenvalue weighted by atomic mass is 19.1. The second-order valence-corrected chi connectivity index (χ2v) is 8.43. The number of aromatic nitrogens is 2. The molecule has 0 saturated heterocycles. The highest BCUT2D eigenvalue weighted by molar-refractivity contribution is 5.79. The summed E-state index contributed by atoms with van der Waals surface area (Å²) in [6.45, 7) is 13.2. The molecule has 0 fully saturated rings. The number of nitrogens with zero attached hydrogens (tertiary/aromatic N) is 3. The average Bonchev–Trinajstić information content (AvgIpc) is 3.36. The van der Waals surface area contributed by atoms with E-state index in [4.69, 9.17) is 9.84 Å². The van der Waals surface area contributed by atoms with E-state index in [1.165, 1.54) is 13.2 Å². The monoisotopic (exact) mass is 520 g/mol. The van der Waals surface area contributed by atoms with Gasteiger partial charge in [0, 0.05) is 36.1 Å². The van der Waals surface area contributed by atoms with Gasteiger partial charge in [-0.25, -0.2) is 4.39 Å². The molecule has 0 spiro atoms. The van der Waals surface area contributed by atoms with Crippen LogP contribution in [0.2, 0.25) is 0 Å². The molecule has 1 heterocycles. The Morgan fingerprint density at radius 1 is 1.11 bits per heavy atom. The van der Waals surface area contributed by atoms with E-state index in [1.807, 2.05) is 55.8 Å². The van der Waals surface area contributed by atoms with Gasteiger partial charge in [-0.3, -0.25) is 14.5 Å². The fourth-order valence-corrected chi connectivity index (χ4v) is 3.15. The molecule has 38 heavy (non-hydrogen) atoms. The molecule has 1 amide bonds. The van der Waals surface area contributed by atoms with Crippen molar-refractivity contribution in [2.45, 2.75) is 53.5 Å². The van der Waals surface area contributed by atoms with Gasteiger partial charge in [-0.05, 0) is 57.0 Å². The van der Waals surface area contributed by atoms with Crippen molar-refractivity contribution in [2.75, 3.05) is 13.7 Å². The maximum atomic E-state index is 13.7. The summed E-state index contributed by atoms with van der Waals surface area (Å²) >= 11 is 0. The quantitative estimate of drug-likeness (QED) is 0.123. The number of aryl methyl sites for hydroxylation is 1. The van der Waals surface area contributed by atoms with Crippen LogP contribution in [-0.4, -0.2) is 35.6 Å². The SMILES string of the molecule is C=C/C=C\N=C(C)C.CCCCn1nc(-c2ccccc2)cc1-c1ccc(F)c(OC)c1.CCCNC=O. The Bertz CT molecular complexity index is 1150. The molecule has 204 valence electrons. The molecule has 0 aliphatic carbocycles. The molecule has 0 unspecified atom stereocenters. The number of carbonyl (C=O) groups is 1. The Morgan fingerprint density at radius 3 is 2.39 bits per heavy atom. The summed E-state index contributed by atoms with van der Waals surface area (Å²) in [6.07, 6.45) is 9.08. The average molecular weight is 521 g/mol. The first-order valence-electron chi connectivity index (χ1n) is 12.8. The summed E-state index contributed by atoms with van der Waals surface area (Å²) in [5.74, 6) is -0.110. The minimum Gasteiger partial charge on any atom is -0.494 e. The molecule has 0 bridgehead atoms. The molecule has 6 nitrogen and oxygen atoms in total. The maximum absolute atomic E-state index is 13.7. The third-order valence-electron chi connectivity index (χ3n) is 5.05. The van der Waals surface area contributed by atoms with Gasteiger partial charge in [0.2, 0.25) is 6.41 Å². The normalized spacial score (nSPS) is 9.95. The largest absolute Gasteiger partial charge is 0.494 e. The number of allylic oxidation sites excluding steroid dienone is 2. The Balaban J connectivity index is 0.000000427. The van der Waals surface area contributed by atoms with Crippen molar-refractivity contribution < 1.29 is 13.9 Å². The number of rotatable bonds is 11. The van der Waals surface area contributed by atoms with Gasteiger partial charge in [-0.1, -0.05) is 63.3 Å². The van der Waals surface area contributed by atoms with Crippen molar-refractivity contribution in [3.63, 3.8) is 0 Å². The lowest BCUT2D eigenvalue weighted by Gasteiger charge is -2.08. The number of methoxy groups -OCH3 is 1. The predicted molar refractivity (Wildman–Crippen MR) is 157 cm³/mol. The van der Waals surface area contributed by atoms with Crippen LogP contribution in [0.1, 0.15) is 47.0 Å². The van der Waals surface area contributed by atoms with E-state index in [9.17, 15) is 9.18 Å². The van der Waals surface area contributed by atoms with Crippen LogP contribution in [0.4, 0.5) is 4.39 Å². The molecule has 1 N–H and O–H groups in total. The Morgan fingerprint density at radius 2 is 1.84 bits per heavy atom. The minimum atomic E-state index is -0.357. The predicted octanol–water partition coefficient (Wildman–Crippen LogP) is 7.47. The number of hydrogen-bond donors (Lipinski definition) is 1. The second-order valence-electron chi connectivity index (χ2n) is 8.43. The van der Waals surface area contributed by atoms with E-state index in [1.54, 1.807) is 30.5 Å². The van der Waals surface area contributed by atoms with Crippen LogP contribution in [0.25, 0.3) is 22.5 Å². The zero-order valence-corrected chi connectivity index (χ0v) is 23.3. The molecule has 0 saturated carbocycles. The van der Waals surface area contributed by atoms with Crippen molar-refractivity contribution in [1.29, 1.82) is 0 Å². The first-order chi connectivity index (χ1) is 18.4. The van der Waals surface area contributed by atoms with E-state index >= 15 is 0 Å². The minimum absolute atomic E-state index is 0.247. The van der Waals surface area contributed by atoms with Gasteiger partial charge in [0.15, 0.2) is 11.6 Å². The maximum Gasteiger partial charge on any atom is 0.207 e. The Labute approximate surface area is 227 Å². The standard InChI is InChI=1S/C20H21FN2O.C7H11N.C4H9NO/c1-3-4-12-23-19(16-10-11-17(21)20(13-16)24-2)14-18(22-23)15-8-6-5-7-9-15;1-4-5-6-8-7(2)3;1-2-3-5-4-6/h5-11,13-14H,3-4,12H2,1-2H3;4-6H,1H2,2-3H3;4H,2-3H2,1H3,(H,5,6)/b;6-5-;. The molecule has 2 aromatic carbocycles. The number of amides is 1. The number of hydrogen-bond acceptors (Lipinski definition) is 4. The molecular formula is C31H41FN4O2. The smallest absolute Gasteiger partial charge is 0.207 e. The van der Waals surface area contributed by atoms with Crippen molar-refractivity contribution in [3.8, 4) is 28.3 Å². The van der Waals surface area contributed by atoms with Crippen molar-refractivity contribution in [2.24, 2.45) is 4.99 Å². The molecule has 0 aliphatic rings. The fraction of sp³-hybridized carbons (Fsp3) is 0.323. The molecule has 7 heteroatoms. The summed E-state index contributed by atoms with van der Waals surface area (Å²) in [5.41, 5.74) is 4.93. The van der Waals surface area contributed by atoms with Crippen LogP contribution in [0.3, 0.4) is 0 Å². The summed E-state index contributed by atoms with van der Waals surface area (Å²) in [6, 6.07) is 17.1. The highest BCUT2D eigenvalue weighted by Crippen LogP contribution is 2.30. The van der Waals surface area contributed by atoms with E-state index in [-0.39, 0.29) is 11.6 Å². The van der Waals surface area contributed by atoms with Gasteiger partial charge >= 0.3 is 0 Å². The van der Waals surface area contributed by atoms with Gasteiger partial charge in [-0.2, -0.15) is 5.10 Å². The van der Waals surface area contributed by atoms with Crippen molar-refractivity contribution in [3.05, 3.63) is 85.3 Å². The number of ether oxygens (including phenoxy) is 1. The summed E-state index contributed by atoms with van der Waals surface area (Å²) < 4.78 is 20.8. The van der Waals surface area contributed by atoms with E-state index in [2.05, 4.69) is 29.9 Å². The molecule has 0 atom stereocenters. The van der Waals surface area contributed by atoms with Crippen LogP contribution in [0, 0.1) is 5.82 Å². The lowest BCUT2D eigenvalue weighted by atomic mass is 10.1. The zero-order chi connectivity index (χ0) is 28.2. The number of benzene rings is 2. The number of nitrogens with one attached hydrogen (secondary N) is 1. The lowest BCUT2D eigenvalue weighted by Crippen LogP contribution is -2.10. The van der Waals surface area contributed by atoms with E-state index in [0.717, 1.165) is 60.6 Å². The van der Waals surface area contributed by atoms with E-state index in [0.29, 0.717) is 6.41 Å². The van der Waals surface area contributed by atoms with Crippen LogP contribution in [-0.2, 0) is 11.3 Å². The molecule has 0 radical (unpaired) electrons. The number of aliphatic imine (C=N–C) groups is 1. The highest BCUT2D eigenvalue weighted by Gasteiger charge is 2.13. The Kier molecular flexibility index (Phi) is 16.1. The molecule has 3 aromatic rings. The van der Waals surface area contributed by atoms with Crippen LogP contribution in [0.15, 0.2) is 84.5 Å². The Hall–Kier alpha value is -4.00. The lowest BCUT2D eigenvalue weighted by molar-refractivity contribution is -0.109. The summed E-state index contributed by atoms with van der Waals surface area (Å²) in [4.78, 5) is 13.4. The molecule has 0 aliphatic heterocycles. The third-order valence-corrected chi connectivity index (χ3v) is 5.05. The van der Waals surface area contributed by atoms with Crippen molar-refractivity contribution >= 4 is 12.1 Å². The van der Waals surface area contributed by atoms with Gasteiger partial charge in [0.05, 0.1) is 18.5 Å². The van der Waals surface area contributed by atoms with Gasteiger partial charge in [-0.15, -0.1) is 0 Å². The molecule has 1 aromatic heterocycles. The number of halogens is 1. The van der Waals surface area contributed by atoms with Gasteiger partial charge in [0.1, 0.15) is 0 Å². The van der Waals surface area contributed by atoms with Crippen LogP contribution in [0.5, 0.6) is 5.75 Å². The molecule has 3 rings (SSSR count). The topological polar surface area (TPSA) is 68.5 Å².